The van der Waals surface area contributed by atoms with Crippen LogP contribution in [-0.4, -0.2) is 28.6 Å². The Bertz CT molecular complexity index is 373. The number of aliphatic hydroxyl groups excluding tert-OH is 1. The number of pyridine rings is 1. The Kier molecular flexibility index (Phi) is 4.49. The number of anilines is 1. The van der Waals surface area contributed by atoms with E-state index in [9.17, 15) is 4.79 Å². The van der Waals surface area contributed by atoms with Gasteiger partial charge in [-0.1, -0.05) is 0 Å². The lowest BCUT2D eigenvalue weighted by atomic mass is 10.3. The Morgan fingerprint density at radius 1 is 1.67 bits per heavy atom. The number of rotatable bonds is 4. The van der Waals surface area contributed by atoms with Gasteiger partial charge >= 0.3 is 0 Å². The Balaban J connectivity index is 2.62. The lowest BCUT2D eigenvalue weighted by Gasteiger charge is -2.10. The van der Waals surface area contributed by atoms with Gasteiger partial charge in [0, 0.05) is 10.7 Å². The molecule has 1 amide bonds. The first-order valence-electron chi connectivity index (χ1n) is 4.03. The van der Waals surface area contributed by atoms with Crippen LogP contribution in [0.25, 0.3) is 0 Å². The van der Waals surface area contributed by atoms with Crippen LogP contribution in [0.5, 0.6) is 0 Å². The van der Waals surface area contributed by atoms with Crippen molar-refractivity contribution in [2.45, 2.75) is 6.10 Å². The smallest absolute Gasteiger partial charge is 0.248 e. The molecule has 7 heteroatoms. The van der Waals surface area contributed by atoms with Crippen molar-refractivity contribution in [3.8, 4) is 0 Å². The molecule has 0 aromatic carbocycles. The minimum atomic E-state index is -1.22. The molecule has 0 radical (unpaired) electrons. The van der Waals surface area contributed by atoms with Gasteiger partial charge in [-0.3, -0.25) is 4.79 Å². The van der Waals surface area contributed by atoms with Crippen LogP contribution < -0.4 is 11.1 Å². The molecule has 0 bridgehead atoms. The van der Waals surface area contributed by atoms with Crippen LogP contribution in [0.3, 0.4) is 0 Å². The van der Waals surface area contributed by atoms with Crippen molar-refractivity contribution in [2.75, 3.05) is 11.9 Å². The molecule has 0 aliphatic rings. The van der Waals surface area contributed by atoms with E-state index < -0.39 is 12.0 Å². The van der Waals surface area contributed by atoms with E-state index in [0.717, 1.165) is 8.95 Å². The number of carbonyl (C=O) groups excluding carboxylic acids is 1. The van der Waals surface area contributed by atoms with E-state index in [1.807, 2.05) is 0 Å². The number of nitrogens with two attached hydrogens (primary N) is 1. The van der Waals surface area contributed by atoms with Gasteiger partial charge in [0.2, 0.25) is 5.91 Å². The highest BCUT2D eigenvalue weighted by Gasteiger charge is 2.11. The first kappa shape index (κ1) is 12.4. The number of amides is 1. The Morgan fingerprint density at radius 2 is 2.33 bits per heavy atom. The predicted molar refractivity (Wildman–Crippen MR) is 63.3 cm³/mol. The summed E-state index contributed by atoms with van der Waals surface area (Å²) in [5, 5.41) is 11.9. The van der Waals surface area contributed by atoms with Crippen LogP contribution in [-0.2, 0) is 4.79 Å². The van der Waals surface area contributed by atoms with Gasteiger partial charge in [0.15, 0.2) is 0 Å². The largest absolute Gasteiger partial charge is 0.381 e. The van der Waals surface area contributed by atoms with E-state index in [1.54, 1.807) is 12.3 Å². The number of nitrogens with one attached hydrogen (secondary N) is 1. The molecule has 4 N–H and O–H groups in total. The number of aromatic nitrogens is 1. The van der Waals surface area contributed by atoms with E-state index in [2.05, 4.69) is 42.2 Å². The second kappa shape index (κ2) is 5.43. The topological polar surface area (TPSA) is 88.2 Å². The minimum absolute atomic E-state index is 0.0303. The van der Waals surface area contributed by atoms with Gasteiger partial charge in [0.05, 0.1) is 11.0 Å². The summed E-state index contributed by atoms with van der Waals surface area (Å²) in [7, 11) is 0. The Morgan fingerprint density at radius 3 is 2.87 bits per heavy atom. The van der Waals surface area contributed by atoms with Gasteiger partial charge in [-0.05, 0) is 37.9 Å². The fourth-order valence-electron chi connectivity index (χ4n) is 0.839. The number of nitrogens with zero attached hydrogens (tertiary/aromatic N) is 1. The van der Waals surface area contributed by atoms with Gasteiger partial charge in [-0.2, -0.15) is 0 Å². The molecule has 82 valence electrons. The van der Waals surface area contributed by atoms with Crippen LogP contribution in [0.15, 0.2) is 21.2 Å². The normalized spacial score (nSPS) is 12.2. The fourth-order valence-corrected chi connectivity index (χ4v) is 1.97. The van der Waals surface area contributed by atoms with E-state index in [0.29, 0.717) is 5.82 Å². The number of halogens is 2. The summed E-state index contributed by atoms with van der Waals surface area (Å²) in [4.78, 5) is 14.6. The molecular formula is C8H9Br2N3O2. The van der Waals surface area contributed by atoms with Crippen LogP contribution in [0, 0.1) is 0 Å². The first-order valence-corrected chi connectivity index (χ1v) is 5.61. The maximum absolute atomic E-state index is 10.6. The highest BCUT2D eigenvalue weighted by molar-refractivity contribution is 9.11. The summed E-state index contributed by atoms with van der Waals surface area (Å²) < 4.78 is 1.56. The molecule has 0 spiro atoms. The molecule has 1 atom stereocenters. The number of hydrogen-bond acceptors (Lipinski definition) is 4. The molecule has 1 rings (SSSR count). The van der Waals surface area contributed by atoms with Crippen LogP contribution in [0.1, 0.15) is 0 Å². The third-order valence-corrected chi connectivity index (χ3v) is 2.64. The SMILES string of the molecule is NC(=O)C(O)CNc1ncc(Br)cc1Br. The standard InChI is InChI=1S/C8H9Br2N3O2/c9-4-1-5(10)8(12-2-4)13-3-6(14)7(11)15/h1-2,6,14H,3H2,(H2,11,15)(H,12,13). The quantitative estimate of drug-likeness (QED) is 0.760. The second-order valence-electron chi connectivity index (χ2n) is 2.78. The number of hydrogen-bond donors (Lipinski definition) is 3. The molecule has 5 nitrogen and oxygen atoms in total. The third-order valence-electron chi connectivity index (χ3n) is 1.60. The molecule has 0 saturated carbocycles. The van der Waals surface area contributed by atoms with Crippen molar-refractivity contribution in [3.63, 3.8) is 0 Å². The predicted octanol–water partition coefficient (Wildman–Crippen LogP) is 0.865. The van der Waals surface area contributed by atoms with E-state index >= 15 is 0 Å². The summed E-state index contributed by atoms with van der Waals surface area (Å²) >= 11 is 6.54. The fraction of sp³-hybridized carbons (Fsp3) is 0.250. The molecule has 1 aromatic heterocycles. The van der Waals surface area contributed by atoms with Gasteiger partial charge < -0.3 is 16.2 Å². The summed E-state index contributed by atoms with van der Waals surface area (Å²) in [6.45, 7) is 0.0303. The van der Waals surface area contributed by atoms with Gasteiger partial charge in [-0.15, -0.1) is 0 Å². The number of carbonyl (C=O) groups is 1. The molecule has 0 aliphatic carbocycles. The average molecular weight is 339 g/mol. The lowest BCUT2D eigenvalue weighted by Crippen LogP contribution is -2.34. The van der Waals surface area contributed by atoms with Crippen LogP contribution >= 0.6 is 31.9 Å². The molecular weight excluding hydrogens is 330 g/mol. The molecule has 0 aliphatic heterocycles. The molecule has 1 heterocycles. The monoisotopic (exact) mass is 337 g/mol. The third kappa shape index (κ3) is 3.77. The summed E-state index contributed by atoms with van der Waals surface area (Å²) in [5.41, 5.74) is 4.89. The van der Waals surface area contributed by atoms with Crippen LogP contribution in [0.4, 0.5) is 5.82 Å². The summed E-state index contributed by atoms with van der Waals surface area (Å²) in [5.74, 6) is -0.228. The number of aliphatic hydroxyl groups is 1. The van der Waals surface area contributed by atoms with Crippen molar-refractivity contribution in [3.05, 3.63) is 21.2 Å². The van der Waals surface area contributed by atoms with Crippen molar-refractivity contribution >= 4 is 43.6 Å². The highest BCUT2D eigenvalue weighted by Crippen LogP contribution is 2.23. The Hall–Kier alpha value is -0.660. The molecule has 15 heavy (non-hydrogen) atoms. The zero-order valence-corrected chi connectivity index (χ0v) is 10.7. The molecule has 0 saturated heterocycles. The average Bonchev–Trinajstić information content (AvgIpc) is 2.15. The highest BCUT2D eigenvalue weighted by atomic mass is 79.9. The number of primary amides is 1. The van der Waals surface area contributed by atoms with Gasteiger partial charge in [0.25, 0.3) is 0 Å². The second-order valence-corrected chi connectivity index (χ2v) is 4.55. The zero-order chi connectivity index (χ0) is 11.4. The Labute approximate surface area is 103 Å². The summed E-state index contributed by atoms with van der Waals surface area (Å²) in [6, 6.07) is 1.80. The molecule has 1 unspecified atom stereocenters. The van der Waals surface area contributed by atoms with Crippen molar-refractivity contribution < 1.29 is 9.90 Å². The van der Waals surface area contributed by atoms with Crippen LogP contribution in [0.2, 0.25) is 0 Å². The van der Waals surface area contributed by atoms with Gasteiger partial charge in [0.1, 0.15) is 11.9 Å². The van der Waals surface area contributed by atoms with E-state index in [1.165, 1.54) is 0 Å². The van der Waals surface area contributed by atoms with Gasteiger partial charge in [-0.25, -0.2) is 4.98 Å². The lowest BCUT2D eigenvalue weighted by molar-refractivity contribution is -0.125. The zero-order valence-electron chi connectivity index (χ0n) is 7.58. The van der Waals surface area contributed by atoms with Crippen molar-refractivity contribution in [1.82, 2.24) is 4.98 Å². The maximum atomic E-state index is 10.6. The molecule has 1 aromatic rings. The minimum Gasteiger partial charge on any atom is -0.381 e. The maximum Gasteiger partial charge on any atom is 0.248 e. The first-order chi connectivity index (χ1) is 7.00. The molecule has 0 fully saturated rings. The van der Waals surface area contributed by atoms with Crippen molar-refractivity contribution in [1.29, 1.82) is 0 Å². The van der Waals surface area contributed by atoms with Crippen molar-refractivity contribution in [2.24, 2.45) is 5.73 Å². The van der Waals surface area contributed by atoms with E-state index in [4.69, 9.17) is 10.8 Å². The van der Waals surface area contributed by atoms with E-state index in [-0.39, 0.29) is 6.54 Å². The summed E-state index contributed by atoms with van der Waals surface area (Å²) in [6.07, 6.45) is 0.381.